The second kappa shape index (κ2) is 7.81. The fraction of sp³-hybridized carbons (Fsp3) is 0.240. The number of fused-ring (bicyclic) bond motifs is 3. The van der Waals surface area contributed by atoms with Crippen molar-refractivity contribution in [2.24, 2.45) is 0 Å². The number of ether oxygens (including phenoxy) is 1. The van der Waals surface area contributed by atoms with Crippen molar-refractivity contribution >= 4 is 37.7 Å². The molecule has 2 heterocycles. The molecule has 10 heteroatoms. The quantitative estimate of drug-likeness (QED) is 0.167. The molecule has 0 aliphatic carbocycles. The van der Waals surface area contributed by atoms with E-state index in [1.807, 2.05) is 6.92 Å². The SMILES string of the molecule is Cc1ccc(S(=O)(=O)Oc2c3c(c([N+](=O)[O-])c4oc5ccccc5c(=O)c24)OC(C)(C)CC3)cc1. The van der Waals surface area contributed by atoms with Crippen molar-refractivity contribution < 1.29 is 26.7 Å². The monoisotopic (exact) mass is 495 g/mol. The van der Waals surface area contributed by atoms with Crippen LogP contribution in [0, 0.1) is 17.0 Å². The summed E-state index contributed by atoms with van der Waals surface area (Å²) in [5, 5.41) is 12.0. The predicted molar refractivity (Wildman–Crippen MR) is 129 cm³/mol. The second-order valence-corrected chi connectivity index (χ2v) is 10.6. The Bertz CT molecular complexity index is 1690. The van der Waals surface area contributed by atoms with Crippen LogP contribution in [0.5, 0.6) is 11.5 Å². The van der Waals surface area contributed by atoms with Gasteiger partial charge in [0.1, 0.15) is 21.5 Å². The zero-order valence-corrected chi connectivity index (χ0v) is 20.0. The minimum absolute atomic E-state index is 0.120. The number of para-hydroxylation sites is 1. The van der Waals surface area contributed by atoms with E-state index in [4.69, 9.17) is 13.3 Å². The van der Waals surface area contributed by atoms with Crippen LogP contribution >= 0.6 is 0 Å². The Labute approximate surface area is 200 Å². The first-order chi connectivity index (χ1) is 16.5. The average molecular weight is 496 g/mol. The van der Waals surface area contributed by atoms with Gasteiger partial charge >= 0.3 is 15.8 Å². The van der Waals surface area contributed by atoms with Crippen molar-refractivity contribution in [3.8, 4) is 11.5 Å². The molecule has 0 spiro atoms. The molecule has 35 heavy (non-hydrogen) atoms. The van der Waals surface area contributed by atoms with Gasteiger partial charge in [-0.2, -0.15) is 8.42 Å². The van der Waals surface area contributed by atoms with E-state index in [0.717, 1.165) is 5.56 Å². The molecule has 1 aliphatic rings. The van der Waals surface area contributed by atoms with Crippen molar-refractivity contribution in [1.29, 1.82) is 0 Å². The first kappa shape index (κ1) is 22.9. The van der Waals surface area contributed by atoms with E-state index in [9.17, 15) is 23.3 Å². The number of nitro groups is 1. The van der Waals surface area contributed by atoms with Crippen LogP contribution in [-0.2, 0) is 16.5 Å². The predicted octanol–water partition coefficient (Wildman–Crippen LogP) is 5.03. The molecule has 0 saturated carbocycles. The third-order valence-corrected chi connectivity index (χ3v) is 7.28. The molecule has 5 rings (SSSR count). The molecule has 0 N–H and O–H groups in total. The van der Waals surface area contributed by atoms with E-state index in [1.54, 1.807) is 38.1 Å². The first-order valence-electron chi connectivity index (χ1n) is 10.9. The number of hydrogen-bond acceptors (Lipinski definition) is 8. The molecule has 1 aliphatic heterocycles. The minimum Gasteiger partial charge on any atom is -0.480 e. The van der Waals surface area contributed by atoms with Gasteiger partial charge in [-0.25, -0.2) is 0 Å². The Kier molecular flexibility index (Phi) is 5.10. The molecular formula is C25H21NO8S. The van der Waals surface area contributed by atoms with Crippen LogP contribution in [0.2, 0.25) is 0 Å². The van der Waals surface area contributed by atoms with Crippen LogP contribution in [0.15, 0.2) is 62.6 Å². The van der Waals surface area contributed by atoms with E-state index in [-0.39, 0.29) is 44.7 Å². The molecule has 0 bridgehead atoms. The van der Waals surface area contributed by atoms with Gasteiger partial charge in [0.05, 0.1) is 10.3 Å². The smallest absolute Gasteiger partial charge is 0.354 e. The summed E-state index contributed by atoms with van der Waals surface area (Å²) in [6.45, 7) is 5.35. The van der Waals surface area contributed by atoms with Gasteiger partial charge in [-0.05, 0) is 57.9 Å². The zero-order chi connectivity index (χ0) is 25.1. The number of benzene rings is 3. The lowest BCUT2D eigenvalue weighted by molar-refractivity contribution is -0.385. The van der Waals surface area contributed by atoms with Gasteiger partial charge < -0.3 is 13.3 Å². The highest BCUT2D eigenvalue weighted by atomic mass is 32.2. The maximum Gasteiger partial charge on any atom is 0.354 e. The fourth-order valence-electron chi connectivity index (χ4n) is 4.23. The summed E-state index contributed by atoms with van der Waals surface area (Å²) < 4.78 is 43.9. The topological polar surface area (TPSA) is 126 Å². The minimum atomic E-state index is -4.39. The Hall–Kier alpha value is -3.92. The van der Waals surface area contributed by atoms with E-state index < -0.39 is 37.3 Å². The highest BCUT2D eigenvalue weighted by Crippen LogP contribution is 2.50. The summed E-state index contributed by atoms with van der Waals surface area (Å²) in [7, 11) is -4.39. The standard InChI is InChI=1S/C25H21NO8S/c1-14-8-10-15(11-9-14)35(30,31)34-22-17-12-13-25(2,3)33-23(17)20(26(28)29)24-19(22)21(27)16-6-4-5-7-18(16)32-24/h4-11H,12-13H2,1-3H3. The number of rotatable bonds is 4. The molecule has 9 nitrogen and oxygen atoms in total. The third-order valence-electron chi connectivity index (χ3n) is 6.04. The molecule has 4 aromatic rings. The molecule has 0 radical (unpaired) electrons. The van der Waals surface area contributed by atoms with Crippen LogP contribution in [0.4, 0.5) is 5.69 Å². The Morgan fingerprint density at radius 2 is 1.77 bits per heavy atom. The molecular weight excluding hydrogens is 474 g/mol. The third kappa shape index (κ3) is 3.79. The van der Waals surface area contributed by atoms with Crippen LogP contribution in [0.1, 0.15) is 31.4 Å². The lowest BCUT2D eigenvalue weighted by Crippen LogP contribution is -2.33. The van der Waals surface area contributed by atoms with Gasteiger partial charge in [-0.1, -0.05) is 29.8 Å². The Morgan fingerprint density at radius 3 is 2.46 bits per heavy atom. The summed E-state index contributed by atoms with van der Waals surface area (Å²) >= 11 is 0. The van der Waals surface area contributed by atoms with Crippen LogP contribution in [-0.4, -0.2) is 18.9 Å². The van der Waals surface area contributed by atoms with Gasteiger partial charge in [0.2, 0.25) is 16.8 Å². The van der Waals surface area contributed by atoms with Crippen LogP contribution in [0.25, 0.3) is 21.9 Å². The molecule has 0 amide bonds. The van der Waals surface area contributed by atoms with Crippen molar-refractivity contribution in [1.82, 2.24) is 0 Å². The van der Waals surface area contributed by atoms with Crippen LogP contribution < -0.4 is 14.3 Å². The van der Waals surface area contributed by atoms with Crippen molar-refractivity contribution in [2.75, 3.05) is 0 Å². The fourth-order valence-corrected chi connectivity index (χ4v) is 5.19. The van der Waals surface area contributed by atoms with E-state index in [1.165, 1.54) is 24.3 Å². The zero-order valence-electron chi connectivity index (χ0n) is 19.2. The molecule has 3 aromatic carbocycles. The average Bonchev–Trinajstić information content (AvgIpc) is 2.78. The summed E-state index contributed by atoms with van der Waals surface area (Å²) in [6, 6.07) is 12.3. The normalized spacial score (nSPS) is 14.9. The number of hydrogen-bond donors (Lipinski definition) is 0. The van der Waals surface area contributed by atoms with E-state index in [2.05, 4.69) is 0 Å². The van der Waals surface area contributed by atoms with Gasteiger partial charge in [-0.3, -0.25) is 14.9 Å². The van der Waals surface area contributed by atoms with E-state index in [0.29, 0.717) is 6.42 Å². The lowest BCUT2D eigenvalue weighted by atomic mass is 9.91. The van der Waals surface area contributed by atoms with Crippen LogP contribution in [0.3, 0.4) is 0 Å². The molecule has 0 saturated heterocycles. The maximum atomic E-state index is 13.6. The summed E-state index contributed by atoms with van der Waals surface area (Å²) in [6.07, 6.45) is 0.618. The van der Waals surface area contributed by atoms with Crippen molar-refractivity contribution in [3.05, 3.63) is 80.0 Å². The summed E-state index contributed by atoms with van der Waals surface area (Å²) in [5.41, 5.74) is -1.22. The number of aryl methyl sites for hydroxylation is 1. The second-order valence-electron chi connectivity index (χ2n) is 9.09. The Balaban J connectivity index is 1.90. The maximum absolute atomic E-state index is 13.6. The van der Waals surface area contributed by atoms with Crippen molar-refractivity contribution in [2.45, 2.75) is 44.1 Å². The van der Waals surface area contributed by atoms with E-state index >= 15 is 0 Å². The number of nitrogens with zero attached hydrogens (tertiary/aromatic N) is 1. The molecule has 0 unspecified atom stereocenters. The Morgan fingerprint density at radius 1 is 1.09 bits per heavy atom. The largest absolute Gasteiger partial charge is 0.480 e. The molecule has 1 aromatic heterocycles. The van der Waals surface area contributed by atoms with Gasteiger partial charge in [0.15, 0.2) is 5.75 Å². The molecule has 180 valence electrons. The molecule has 0 fully saturated rings. The molecule has 0 atom stereocenters. The first-order valence-corrected chi connectivity index (χ1v) is 12.3. The summed E-state index contributed by atoms with van der Waals surface area (Å²) in [5.74, 6) is -0.470. The summed E-state index contributed by atoms with van der Waals surface area (Å²) in [4.78, 5) is 25.0. The highest BCUT2D eigenvalue weighted by molar-refractivity contribution is 7.87. The lowest BCUT2D eigenvalue weighted by Gasteiger charge is -2.33. The number of nitro benzene ring substituents is 1. The van der Waals surface area contributed by atoms with Gasteiger partial charge in [0.25, 0.3) is 0 Å². The van der Waals surface area contributed by atoms with Crippen molar-refractivity contribution in [3.63, 3.8) is 0 Å². The van der Waals surface area contributed by atoms with Gasteiger partial charge in [-0.15, -0.1) is 0 Å². The van der Waals surface area contributed by atoms with Gasteiger partial charge in [0, 0.05) is 5.56 Å². The highest BCUT2D eigenvalue weighted by Gasteiger charge is 2.40.